The molecule has 0 spiro atoms. The van der Waals surface area contributed by atoms with Gasteiger partial charge in [0.25, 0.3) is 0 Å². The fourth-order valence-corrected chi connectivity index (χ4v) is 1.75. The second-order valence-electron chi connectivity index (χ2n) is 3.30. The summed E-state index contributed by atoms with van der Waals surface area (Å²) in [6.07, 6.45) is 1.56. The van der Waals surface area contributed by atoms with Crippen LogP contribution in [-0.4, -0.2) is 12.1 Å². The lowest BCUT2D eigenvalue weighted by Gasteiger charge is -2.05. The Labute approximate surface area is 92.8 Å². The fourth-order valence-electron chi connectivity index (χ4n) is 1.53. The number of nitrogen functional groups attached to an aromatic ring is 1. The number of nitrogens with two attached hydrogens (primary N) is 1. The normalized spacial score (nSPS) is 10.8. The van der Waals surface area contributed by atoms with Crippen molar-refractivity contribution in [3.63, 3.8) is 0 Å². The zero-order valence-corrected chi connectivity index (χ0v) is 9.08. The number of fused-ring (bicyclic) bond motifs is 1. The van der Waals surface area contributed by atoms with Crippen molar-refractivity contribution in [2.24, 2.45) is 0 Å². The van der Waals surface area contributed by atoms with Gasteiger partial charge in [-0.2, -0.15) is 0 Å². The van der Waals surface area contributed by atoms with Crippen LogP contribution in [0.25, 0.3) is 10.8 Å². The van der Waals surface area contributed by atoms with Gasteiger partial charge in [-0.25, -0.2) is 4.98 Å². The number of methoxy groups -OCH3 is 1. The minimum absolute atomic E-state index is 0.493. The van der Waals surface area contributed by atoms with Crippen molar-refractivity contribution in [3.8, 4) is 0 Å². The molecule has 15 heavy (non-hydrogen) atoms. The van der Waals surface area contributed by atoms with Gasteiger partial charge in [-0.1, -0.05) is 23.7 Å². The summed E-state index contributed by atoms with van der Waals surface area (Å²) in [6.45, 7) is 0.557. The maximum absolute atomic E-state index is 6.01. The minimum Gasteiger partial charge on any atom is -0.383 e. The maximum Gasteiger partial charge on any atom is 0.131 e. The molecule has 3 nitrogen and oxygen atoms in total. The number of rotatable bonds is 2. The average molecular weight is 223 g/mol. The number of nitrogens with zero attached hydrogens (tertiary/aromatic N) is 1. The first-order valence-corrected chi connectivity index (χ1v) is 4.91. The van der Waals surface area contributed by atoms with E-state index in [9.17, 15) is 0 Å². The first kappa shape index (κ1) is 10.2. The summed E-state index contributed by atoms with van der Waals surface area (Å²) < 4.78 is 5.05. The monoisotopic (exact) mass is 222 g/mol. The van der Waals surface area contributed by atoms with E-state index in [-0.39, 0.29) is 0 Å². The SMILES string of the molecule is COCc1ccc2c(Cl)cnc(N)c2c1. The molecule has 0 atom stereocenters. The number of halogens is 1. The Kier molecular flexibility index (Phi) is 2.75. The molecule has 0 saturated heterocycles. The summed E-state index contributed by atoms with van der Waals surface area (Å²) in [4.78, 5) is 4.01. The highest BCUT2D eigenvalue weighted by atomic mass is 35.5. The molecule has 0 radical (unpaired) electrons. The van der Waals surface area contributed by atoms with Crippen LogP contribution >= 0.6 is 11.6 Å². The van der Waals surface area contributed by atoms with Gasteiger partial charge < -0.3 is 10.5 Å². The van der Waals surface area contributed by atoms with E-state index in [4.69, 9.17) is 22.1 Å². The highest BCUT2D eigenvalue weighted by molar-refractivity contribution is 6.35. The Balaban J connectivity index is 2.65. The largest absolute Gasteiger partial charge is 0.383 e. The van der Waals surface area contributed by atoms with Crippen LogP contribution in [0.1, 0.15) is 5.56 Å². The number of hydrogen-bond donors (Lipinski definition) is 1. The van der Waals surface area contributed by atoms with E-state index in [1.807, 2.05) is 18.2 Å². The van der Waals surface area contributed by atoms with Crippen LogP contribution in [0.5, 0.6) is 0 Å². The van der Waals surface area contributed by atoms with Crippen LogP contribution in [0.3, 0.4) is 0 Å². The number of hydrogen-bond acceptors (Lipinski definition) is 3. The van der Waals surface area contributed by atoms with Gasteiger partial charge in [0.15, 0.2) is 0 Å². The van der Waals surface area contributed by atoms with E-state index in [0.29, 0.717) is 17.4 Å². The van der Waals surface area contributed by atoms with Crippen molar-refractivity contribution in [3.05, 3.63) is 35.0 Å². The van der Waals surface area contributed by atoms with Crippen LogP contribution in [0, 0.1) is 0 Å². The molecular weight excluding hydrogens is 212 g/mol. The molecule has 2 rings (SSSR count). The molecule has 1 aromatic heterocycles. The Morgan fingerprint density at radius 1 is 1.40 bits per heavy atom. The van der Waals surface area contributed by atoms with E-state index >= 15 is 0 Å². The van der Waals surface area contributed by atoms with Crippen molar-refractivity contribution >= 4 is 28.2 Å². The number of aromatic nitrogens is 1. The molecule has 1 aromatic carbocycles. The van der Waals surface area contributed by atoms with Crippen molar-refractivity contribution in [1.82, 2.24) is 4.98 Å². The Bertz CT molecular complexity index is 499. The highest BCUT2D eigenvalue weighted by Crippen LogP contribution is 2.27. The Morgan fingerprint density at radius 3 is 2.93 bits per heavy atom. The smallest absolute Gasteiger partial charge is 0.131 e. The third-order valence-electron chi connectivity index (χ3n) is 2.25. The molecule has 0 aliphatic rings. The number of benzene rings is 1. The van der Waals surface area contributed by atoms with Crippen LogP contribution in [0.2, 0.25) is 5.02 Å². The van der Waals surface area contributed by atoms with Crippen LogP contribution < -0.4 is 5.73 Å². The number of anilines is 1. The molecule has 0 unspecified atom stereocenters. The summed E-state index contributed by atoms with van der Waals surface area (Å²) in [7, 11) is 1.66. The number of ether oxygens (including phenoxy) is 1. The minimum atomic E-state index is 0.493. The molecule has 0 bridgehead atoms. The van der Waals surface area contributed by atoms with Crippen molar-refractivity contribution in [2.45, 2.75) is 6.61 Å². The van der Waals surface area contributed by atoms with E-state index in [2.05, 4.69) is 4.98 Å². The fraction of sp³-hybridized carbons (Fsp3) is 0.182. The molecule has 0 amide bonds. The van der Waals surface area contributed by atoms with Crippen LogP contribution in [0.4, 0.5) is 5.82 Å². The van der Waals surface area contributed by atoms with Gasteiger partial charge in [0.2, 0.25) is 0 Å². The van der Waals surface area contributed by atoms with Crippen molar-refractivity contribution in [2.75, 3.05) is 12.8 Å². The zero-order chi connectivity index (χ0) is 10.8. The molecule has 1 heterocycles. The third kappa shape index (κ3) is 1.89. The molecule has 2 N–H and O–H groups in total. The summed E-state index contributed by atoms with van der Waals surface area (Å²) in [5, 5.41) is 2.41. The summed E-state index contributed by atoms with van der Waals surface area (Å²) in [5.74, 6) is 0.493. The van der Waals surface area contributed by atoms with Gasteiger partial charge in [0.1, 0.15) is 5.82 Å². The van der Waals surface area contributed by atoms with Gasteiger partial charge in [-0.3, -0.25) is 0 Å². The van der Waals surface area contributed by atoms with E-state index < -0.39 is 0 Å². The Morgan fingerprint density at radius 2 is 2.20 bits per heavy atom. The molecule has 78 valence electrons. The molecule has 4 heteroatoms. The van der Waals surface area contributed by atoms with Crippen molar-refractivity contribution in [1.29, 1.82) is 0 Å². The van der Waals surface area contributed by atoms with Gasteiger partial charge in [0.05, 0.1) is 11.6 Å². The van der Waals surface area contributed by atoms with E-state index in [1.54, 1.807) is 13.3 Å². The van der Waals surface area contributed by atoms with Gasteiger partial charge >= 0.3 is 0 Å². The highest BCUT2D eigenvalue weighted by Gasteiger charge is 2.04. The van der Waals surface area contributed by atoms with Gasteiger partial charge in [-0.05, 0) is 11.6 Å². The van der Waals surface area contributed by atoms with E-state index in [1.165, 1.54) is 0 Å². The lowest BCUT2D eigenvalue weighted by molar-refractivity contribution is 0.185. The topological polar surface area (TPSA) is 48.1 Å². The molecule has 0 aliphatic carbocycles. The molecular formula is C11H11ClN2O. The lowest BCUT2D eigenvalue weighted by Crippen LogP contribution is -1.94. The van der Waals surface area contributed by atoms with Crippen LogP contribution in [-0.2, 0) is 11.3 Å². The number of pyridine rings is 1. The quantitative estimate of drug-likeness (QED) is 0.850. The molecule has 2 aromatic rings. The summed E-state index contributed by atoms with van der Waals surface area (Å²) in [6, 6.07) is 5.86. The first-order valence-electron chi connectivity index (χ1n) is 4.54. The van der Waals surface area contributed by atoms with Crippen molar-refractivity contribution < 1.29 is 4.74 Å². The van der Waals surface area contributed by atoms with Gasteiger partial charge in [-0.15, -0.1) is 0 Å². The second kappa shape index (κ2) is 4.04. The zero-order valence-electron chi connectivity index (χ0n) is 8.33. The lowest BCUT2D eigenvalue weighted by atomic mass is 10.1. The first-order chi connectivity index (χ1) is 7.22. The summed E-state index contributed by atoms with van der Waals surface area (Å²) in [5.41, 5.74) is 6.84. The van der Waals surface area contributed by atoms with Gasteiger partial charge in [0, 0.05) is 24.1 Å². The predicted octanol–water partition coefficient (Wildman–Crippen LogP) is 2.62. The van der Waals surface area contributed by atoms with Crippen LogP contribution in [0.15, 0.2) is 24.4 Å². The standard InChI is InChI=1S/C11H11ClN2O/c1-15-6-7-2-3-8-9(4-7)11(13)14-5-10(8)12/h2-5H,6H2,1H3,(H2,13,14). The predicted molar refractivity (Wildman–Crippen MR) is 61.9 cm³/mol. The third-order valence-corrected chi connectivity index (χ3v) is 2.55. The molecule has 0 fully saturated rings. The maximum atomic E-state index is 6.01. The summed E-state index contributed by atoms with van der Waals surface area (Å²) >= 11 is 6.01. The van der Waals surface area contributed by atoms with E-state index in [0.717, 1.165) is 16.3 Å². The Hall–Kier alpha value is -1.32. The molecule has 0 saturated carbocycles. The molecule has 0 aliphatic heterocycles. The second-order valence-corrected chi connectivity index (χ2v) is 3.71. The average Bonchev–Trinajstić information content (AvgIpc) is 2.24.